The number of ether oxygens (including phenoxy) is 4. The molecule has 1 saturated heterocycles. The molecule has 0 atom stereocenters. The van der Waals surface area contributed by atoms with Crippen molar-refractivity contribution in [1.82, 2.24) is 9.80 Å². The molecule has 0 aromatic heterocycles. The molecule has 0 bridgehead atoms. The molecule has 0 aromatic rings. The van der Waals surface area contributed by atoms with Gasteiger partial charge in [-0.3, -0.25) is 0 Å². The summed E-state index contributed by atoms with van der Waals surface area (Å²) in [5.41, 5.74) is -1.09. The van der Waals surface area contributed by atoms with Gasteiger partial charge in [0.05, 0.1) is 26.4 Å². The van der Waals surface area contributed by atoms with Gasteiger partial charge in [0.2, 0.25) is 0 Å². The van der Waals surface area contributed by atoms with Crippen LogP contribution < -0.4 is 0 Å². The van der Waals surface area contributed by atoms with Gasteiger partial charge in [0.1, 0.15) is 11.2 Å². The minimum Gasteiger partial charge on any atom is -0.444 e. The van der Waals surface area contributed by atoms with Crippen LogP contribution >= 0.6 is 0 Å². The third-order valence-corrected chi connectivity index (χ3v) is 3.33. The molecule has 0 N–H and O–H groups in total. The fourth-order valence-electron chi connectivity index (χ4n) is 2.14. The van der Waals surface area contributed by atoms with E-state index in [1.807, 2.05) is 41.5 Å². The summed E-state index contributed by atoms with van der Waals surface area (Å²) in [5, 5.41) is 0. The maximum Gasteiger partial charge on any atom is 0.410 e. The van der Waals surface area contributed by atoms with Crippen LogP contribution in [0, 0.1) is 0 Å². The predicted octanol–water partition coefficient (Wildman–Crippen LogP) is 2.51. The Bertz CT molecular complexity index is 402. The molecule has 1 aliphatic heterocycles. The van der Waals surface area contributed by atoms with Gasteiger partial charge >= 0.3 is 12.2 Å². The molecule has 1 aliphatic rings. The van der Waals surface area contributed by atoms with Gasteiger partial charge in [-0.2, -0.15) is 0 Å². The molecule has 152 valence electrons. The molecule has 2 amide bonds. The minimum absolute atomic E-state index is 0.363. The van der Waals surface area contributed by atoms with Crippen LogP contribution in [0.1, 0.15) is 41.5 Å². The molecule has 26 heavy (non-hydrogen) atoms. The molecule has 0 spiro atoms. The highest BCUT2D eigenvalue weighted by atomic mass is 16.6. The van der Waals surface area contributed by atoms with Crippen molar-refractivity contribution in [2.45, 2.75) is 52.7 Å². The molecular weight excluding hydrogens is 340 g/mol. The third kappa shape index (κ3) is 9.82. The first kappa shape index (κ1) is 22.5. The molecule has 1 fully saturated rings. The van der Waals surface area contributed by atoms with Gasteiger partial charge in [-0.25, -0.2) is 9.59 Å². The van der Waals surface area contributed by atoms with Crippen LogP contribution in [0.3, 0.4) is 0 Å². The molecule has 1 rings (SSSR count). The fraction of sp³-hybridized carbons (Fsp3) is 0.889. The van der Waals surface area contributed by atoms with E-state index in [9.17, 15) is 9.59 Å². The Balaban J connectivity index is 2.54. The van der Waals surface area contributed by atoms with Crippen LogP contribution in [-0.2, 0) is 18.9 Å². The smallest absolute Gasteiger partial charge is 0.410 e. The lowest BCUT2D eigenvalue weighted by Crippen LogP contribution is -2.43. The molecule has 1 heterocycles. The first-order valence-electron chi connectivity index (χ1n) is 9.09. The van der Waals surface area contributed by atoms with Crippen molar-refractivity contribution < 1.29 is 28.5 Å². The van der Waals surface area contributed by atoms with Crippen molar-refractivity contribution in [2.75, 3.05) is 52.6 Å². The minimum atomic E-state index is -0.545. The summed E-state index contributed by atoms with van der Waals surface area (Å²) in [6.07, 6.45) is -0.755. The average Bonchev–Trinajstić information content (AvgIpc) is 2.43. The highest BCUT2D eigenvalue weighted by molar-refractivity contribution is 5.68. The summed E-state index contributed by atoms with van der Waals surface area (Å²) in [5.74, 6) is 0. The van der Waals surface area contributed by atoms with Crippen molar-refractivity contribution in [3.8, 4) is 0 Å². The molecule has 0 saturated carbocycles. The zero-order valence-corrected chi connectivity index (χ0v) is 17.0. The second kappa shape index (κ2) is 9.97. The lowest BCUT2D eigenvalue weighted by molar-refractivity contribution is -0.00629. The second-order valence-electron chi connectivity index (χ2n) is 8.16. The van der Waals surface area contributed by atoms with Crippen molar-refractivity contribution in [3.05, 3.63) is 0 Å². The van der Waals surface area contributed by atoms with Crippen LogP contribution in [0.2, 0.25) is 0 Å². The normalized spacial score (nSPS) is 18.5. The molecule has 8 heteroatoms. The monoisotopic (exact) mass is 374 g/mol. The quantitative estimate of drug-likeness (QED) is 0.648. The van der Waals surface area contributed by atoms with E-state index in [2.05, 4.69) is 0 Å². The van der Waals surface area contributed by atoms with E-state index >= 15 is 0 Å². The zero-order valence-electron chi connectivity index (χ0n) is 17.0. The molecule has 0 aromatic carbocycles. The van der Waals surface area contributed by atoms with Crippen LogP contribution in [0.15, 0.2) is 0 Å². The molecule has 0 radical (unpaired) electrons. The maximum absolute atomic E-state index is 12.2. The maximum atomic E-state index is 12.2. The lowest BCUT2D eigenvalue weighted by Gasteiger charge is -2.29. The molecule has 0 unspecified atom stereocenters. The number of nitrogens with zero attached hydrogens (tertiary/aromatic N) is 2. The Morgan fingerprint density at radius 1 is 0.654 bits per heavy atom. The van der Waals surface area contributed by atoms with Crippen LogP contribution in [-0.4, -0.2) is 85.8 Å². The number of hydrogen-bond donors (Lipinski definition) is 0. The van der Waals surface area contributed by atoms with E-state index in [1.165, 1.54) is 0 Å². The van der Waals surface area contributed by atoms with Crippen molar-refractivity contribution in [2.24, 2.45) is 0 Å². The highest BCUT2D eigenvalue weighted by Gasteiger charge is 2.24. The number of rotatable bonds is 0. The summed E-state index contributed by atoms with van der Waals surface area (Å²) in [4.78, 5) is 27.6. The van der Waals surface area contributed by atoms with E-state index in [0.717, 1.165) is 0 Å². The molecule has 8 nitrogen and oxygen atoms in total. The SMILES string of the molecule is CC(C)(C)OC(=O)N1CCOCCN(C(=O)OC(C)(C)C)CCOCC1. The Hall–Kier alpha value is -1.54. The largest absolute Gasteiger partial charge is 0.444 e. The van der Waals surface area contributed by atoms with Gasteiger partial charge in [-0.1, -0.05) is 0 Å². The van der Waals surface area contributed by atoms with Gasteiger partial charge in [0, 0.05) is 26.2 Å². The van der Waals surface area contributed by atoms with Crippen LogP contribution in [0.25, 0.3) is 0 Å². The number of hydrogen-bond acceptors (Lipinski definition) is 6. The number of carbonyl (C=O) groups excluding carboxylic acids is 2. The van der Waals surface area contributed by atoms with Crippen molar-refractivity contribution in [1.29, 1.82) is 0 Å². The van der Waals surface area contributed by atoms with Crippen molar-refractivity contribution in [3.63, 3.8) is 0 Å². The Labute approximate surface area is 156 Å². The second-order valence-corrected chi connectivity index (χ2v) is 8.16. The van der Waals surface area contributed by atoms with Crippen molar-refractivity contribution >= 4 is 12.2 Å². The first-order valence-corrected chi connectivity index (χ1v) is 9.09. The topological polar surface area (TPSA) is 77.5 Å². The Kier molecular flexibility index (Phi) is 8.62. The van der Waals surface area contributed by atoms with E-state index < -0.39 is 11.2 Å². The van der Waals surface area contributed by atoms with Gasteiger partial charge in [0.25, 0.3) is 0 Å². The van der Waals surface area contributed by atoms with Crippen LogP contribution in [0.4, 0.5) is 9.59 Å². The first-order chi connectivity index (χ1) is 12.0. The molecule has 0 aliphatic carbocycles. The standard InChI is InChI=1S/C18H34N2O6/c1-17(2,3)25-15(21)19-7-11-23-13-9-20(10-14-24-12-8-19)16(22)26-18(4,5)6/h7-14H2,1-6H3. The summed E-state index contributed by atoms with van der Waals surface area (Å²) < 4.78 is 22.0. The summed E-state index contributed by atoms with van der Waals surface area (Å²) >= 11 is 0. The average molecular weight is 374 g/mol. The highest BCUT2D eigenvalue weighted by Crippen LogP contribution is 2.11. The summed E-state index contributed by atoms with van der Waals surface area (Å²) in [6.45, 7) is 14.1. The summed E-state index contributed by atoms with van der Waals surface area (Å²) in [6, 6.07) is 0. The van der Waals surface area contributed by atoms with Crippen LogP contribution in [0.5, 0.6) is 0 Å². The number of carbonyl (C=O) groups is 2. The zero-order chi connectivity index (χ0) is 19.8. The lowest BCUT2D eigenvalue weighted by atomic mass is 10.2. The van der Waals surface area contributed by atoms with Gasteiger partial charge in [-0.05, 0) is 41.5 Å². The van der Waals surface area contributed by atoms with E-state index in [-0.39, 0.29) is 12.2 Å². The van der Waals surface area contributed by atoms with Gasteiger partial charge in [0.15, 0.2) is 0 Å². The Morgan fingerprint density at radius 3 is 1.15 bits per heavy atom. The van der Waals surface area contributed by atoms with Gasteiger partial charge < -0.3 is 28.7 Å². The summed E-state index contributed by atoms with van der Waals surface area (Å²) in [7, 11) is 0. The van der Waals surface area contributed by atoms with E-state index in [1.54, 1.807) is 9.80 Å². The fourth-order valence-corrected chi connectivity index (χ4v) is 2.14. The number of amides is 2. The predicted molar refractivity (Wildman–Crippen MR) is 97.3 cm³/mol. The molecular formula is C18H34N2O6. The Morgan fingerprint density at radius 2 is 0.923 bits per heavy atom. The third-order valence-electron chi connectivity index (χ3n) is 3.33. The van der Waals surface area contributed by atoms with E-state index in [0.29, 0.717) is 52.6 Å². The van der Waals surface area contributed by atoms with E-state index in [4.69, 9.17) is 18.9 Å². The van der Waals surface area contributed by atoms with Gasteiger partial charge in [-0.15, -0.1) is 0 Å².